The SMILES string of the molecule is CCN(C(=O)C(C)N1CCN(C(C)C(=O)N(CC)c2ccccc2)CC1)c1ccccc1. The number of nitrogens with zero attached hydrogens (tertiary/aromatic N) is 4. The molecular formula is C26H36N4O2. The number of carbonyl (C=O) groups excluding carboxylic acids is 2. The van der Waals surface area contributed by atoms with Gasteiger partial charge in [-0.1, -0.05) is 36.4 Å². The van der Waals surface area contributed by atoms with Gasteiger partial charge >= 0.3 is 0 Å². The van der Waals surface area contributed by atoms with Gasteiger partial charge in [-0.25, -0.2) is 0 Å². The van der Waals surface area contributed by atoms with Crippen molar-refractivity contribution in [3.05, 3.63) is 60.7 Å². The van der Waals surface area contributed by atoms with E-state index in [1.807, 2.05) is 98.2 Å². The van der Waals surface area contributed by atoms with Gasteiger partial charge in [-0.05, 0) is 52.0 Å². The largest absolute Gasteiger partial charge is 0.311 e. The monoisotopic (exact) mass is 436 g/mol. The van der Waals surface area contributed by atoms with Crippen LogP contribution in [0.2, 0.25) is 0 Å². The highest BCUT2D eigenvalue weighted by molar-refractivity contribution is 5.97. The van der Waals surface area contributed by atoms with E-state index in [1.54, 1.807) is 0 Å². The van der Waals surface area contributed by atoms with Crippen LogP contribution < -0.4 is 9.80 Å². The number of hydrogen-bond acceptors (Lipinski definition) is 4. The Balaban J connectivity index is 1.59. The lowest BCUT2D eigenvalue weighted by Gasteiger charge is -2.41. The number of anilines is 2. The molecule has 3 rings (SSSR count). The van der Waals surface area contributed by atoms with E-state index in [2.05, 4.69) is 9.80 Å². The third-order valence-electron chi connectivity index (χ3n) is 6.46. The topological polar surface area (TPSA) is 47.1 Å². The Labute approximate surface area is 192 Å². The summed E-state index contributed by atoms with van der Waals surface area (Å²) in [6, 6.07) is 19.3. The molecule has 1 aliphatic rings. The molecule has 1 fully saturated rings. The maximum absolute atomic E-state index is 13.2. The molecule has 0 aromatic heterocycles. The van der Waals surface area contributed by atoms with Gasteiger partial charge in [-0.3, -0.25) is 19.4 Å². The molecule has 172 valence electrons. The number of para-hydroxylation sites is 2. The lowest BCUT2D eigenvalue weighted by Crippen LogP contribution is -2.58. The van der Waals surface area contributed by atoms with Crippen LogP contribution in [0.3, 0.4) is 0 Å². The zero-order valence-corrected chi connectivity index (χ0v) is 19.8. The lowest BCUT2D eigenvalue weighted by atomic mass is 10.1. The van der Waals surface area contributed by atoms with Gasteiger partial charge in [-0.2, -0.15) is 0 Å². The van der Waals surface area contributed by atoms with E-state index in [0.717, 1.165) is 37.6 Å². The van der Waals surface area contributed by atoms with E-state index in [1.165, 1.54) is 0 Å². The Morgan fingerprint density at radius 3 is 1.28 bits per heavy atom. The molecule has 6 heteroatoms. The fourth-order valence-electron chi connectivity index (χ4n) is 4.42. The average molecular weight is 437 g/mol. The second kappa shape index (κ2) is 11.2. The van der Waals surface area contributed by atoms with Crippen LogP contribution >= 0.6 is 0 Å². The van der Waals surface area contributed by atoms with Crippen molar-refractivity contribution in [3.63, 3.8) is 0 Å². The highest BCUT2D eigenvalue weighted by atomic mass is 16.2. The van der Waals surface area contributed by atoms with Crippen molar-refractivity contribution in [2.45, 2.75) is 39.8 Å². The van der Waals surface area contributed by atoms with Crippen molar-refractivity contribution in [3.8, 4) is 0 Å². The summed E-state index contributed by atoms with van der Waals surface area (Å²) in [5.41, 5.74) is 1.87. The predicted molar refractivity (Wildman–Crippen MR) is 131 cm³/mol. The van der Waals surface area contributed by atoms with E-state index in [4.69, 9.17) is 0 Å². The van der Waals surface area contributed by atoms with E-state index in [0.29, 0.717) is 13.1 Å². The van der Waals surface area contributed by atoms with Gasteiger partial charge in [0, 0.05) is 50.6 Å². The van der Waals surface area contributed by atoms with Gasteiger partial charge in [0.1, 0.15) is 0 Å². The Hall–Kier alpha value is -2.70. The van der Waals surface area contributed by atoms with Crippen molar-refractivity contribution < 1.29 is 9.59 Å². The molecule has 0 radical (unpaired) electrons. The van der Waals surface area contributed by atoms with Crippen molar-refractivity contribution in [2.75, 3.05) is 49.1 Å². The summed E-state index contributed by atoms with van der Waals surface area (Å²) in [7, 11) is 0. The Morgan fingerprint density at radius 1 is 0.688 bits per heavy atom. The third kappa shape index (κ3) is 5.37. The average Bonchev–Trinajstić information content (AvgIpc) is 2.85. The molecule has 0 bridgehead atoms. The molecule has 2 aromatic carbocycles. The van der Waals surface area contributed by atoms with Crippen molar-refractivity contribution in [2.24, 2.45) is 0 Å². The Morgan fingerprint density at radius 2 is 1.00 bits per heavy atom. The number of carbonyl (C=O) groups is 2. The van der Waals surface area contributed by atoms with Crippen LogP contribution in [0.1, 0.15) is 27.7 Å². The normalized spacial score (nSPS) is 16.9. The number of amides is 2. The molecule has 0 spiro atoms. The number of rotatable bonds is 8. The number of benzene rings is 2. The first kappa shape index (κ1) is 24.0. The molecule has 0 saturated carbocycles. The molecule has 0 aliphatic carbocycles. The lowest BCUT2D eigenvalue weighted by molar-refractivity contribution is -0.127. The second-order valence-electron chi connectivity index (χ2n) is 8.26. The van der Waals surface area contributed by atoms with Gasteiger partial charge in [0.2, 0.25) is 11.8 Å². The first-order valence-electron chi connectivity index (χ1n) is 11.7. The number of likely N-dealkylation sites (N-methyl/N-ethyl adjacent to an activating group) is 2. The zero-order valence-electron chi connectivity index (χ0n) is 19.8. The molecular weight excluding hydrogens is 400 g/mol. The minimum atomic E-state index is -0.195. The Kier molecular flexibility index (Phi) is 8.42. The highest BCUT2D eigenvalue weighted by Crippen LogP contribution is 2.19. The van der Waals surface area contributed by atoms with Gasteiger partial charge < -0.3 is 9.80 Å². The summed E-state index contributed by atoms with van der Waals surface area (Å²) in [4.78, 5) is 34.5. The van der Waals surface area contributed by atoms with Crippen molar-refractivity contribution in [1.82, 2.24) is 9.80 Å². The molecule has 2 amide bonds. The number of hydrogen-bond donors (Lipinski definition) is 0. The summed E-state index contributed by atoms with van der Waals surface area (Å²) >= 11 is 0. The standard InChI is InChI=1S/C26H36N4O2/c1-5-29(23-13-9-7-10-14-23)25(31)21(3)27-17-19-28(20-18-27)22(4)26(32)30(6-2)24-15-11-8-12-16-24/h7-16,21-22H,5-6,17-20H2,1-4H3. The molecule has 2 unspecified atom stereocenters. The minimum absolute atomic E-state index is 0.123. The summed E-state index contributed by atoms with van der Waals surface area (Å²) in [6.45, 7) is 12.4. The summed E-state index contributed by atoms with van der Waals surface area (Å²) in [6.07, 6.45) is 0. The summed E-state index contributed by atoms with van der Waals surface area (Å²) in [5, 5.41) is 0. The molecule has 0 N–H and O–H groups in total. The number of piperazine rings is 1. The zero-order chi connectivity index (χ0) is 23.1. The van der Waals surface area contributed by atoms with E-state index in [-0.39, 0.29) is 23.9 Å². The van der Waals surface area contributed by atoms with Gasteiger partial charge in [-0.15, -0.1) is 0 Å². The fourth-order valence-corrected chi connectivity index (χ4v) is 4.42. The second-order valence-corrected chi connectivity index (χ2v) is 8.26. The quantitative estimate of drug-likeness (QED) is 0.636. The van der Waals surface area contributed by atoms with E-state index < -0.39 is 0 Å². The Bertz CT molecular complexity index is 792. The first-order chi connectivity index (χ1) is 15.5. The maximum Gasteiger partial charge on any atom is 0.244 e. The fraction of sp³-hybridized carbons (Fsp3) is 0.462. The predicted octanol–water partition coefficient (Wildman–Crippen LogP) is 3.49. The van der Waals surface area contributed by atoms with E-state index >= 15 is 0 Å². The van der Waals surface area contributed by atoms with Crippen LogP contribution in [0.4, 0.5) is 11.4 Å². The third-order valence-corrected chi connectivity index (χ3v) is 6.46. The highest BCUT2D eigenvalue weighted by Gasteiger charge is 2.32. The summed E-state index contributed by atoms with van der Waals surface area (Å²) in [5.74, 6) is 0.245. The van der Waals surface area contributed by atoms with E-state index in [9.17, 15) is 9.59 Å². The van der Waals surface area contributed by atoms with Crippen LogP contribution in [0.5, 0.6) is 0 Å². The smallest absolute Gasteiger partial charge is 0.244 e. The van der Waals surface area contributed by atoms with Crippen LogP contribution in [-0.2, 0) is 9.59 Å². The van der Waals surface area contributed by atoms with Crippen LogP contribution in [-0.4, -0.2) is 73.0 Å². The maximum atomic E-state index is 13.2. The molecule has 2 aromatic rings. The van der Waals surface area contributed by atoms with Crippen LogP contribution in [0, 0.1) is 0 Å². The molecule has 1 heterocycles. The molecule has 1 saturated heterocycles. The molecule has 2 atom stereocenters. The summed E-state index contributed by atoms with van der Waals surface area (Å²) < 4.78 is 0. The van der Waals surface area contributed by atoms with Crippen LogP contribution in [0.25, 0.3) is 0 Å². The molecule has 32 heavy (non-hydrogen) atoms. The van der Waals surface area contributed by atoms with Crippen molar-refractivity contribution >= 4 is 23.2 Å². The van der Waals surface area contributed by atoms with Gasteiger partial charge in [0.05, 0.1) is 12.1 Å². The van der Waals surface area contributed by atoms with Gasteiger partial charge in [0.15, 0.2) is 0 Å². The molecule has 1 aliphatic heterocycles. The van der Waals surface area contributed by atoms with Gasteiger partial charge in [0.25, 0.3) is 0 Å². The molecule has 6 nitrogen and oxygen atoms in total. The van der Waals surface area contributed by atoms with Crippen molar-refractivity contribution in [1.29, 1.82) is 0 Å². The van der Waals surface area contributed by atoms with Crippen LogP contribution in [0.15, 0.2) is 60.7 Å². The first-order valence-corrected chi connectivity index (χ1v) is 11.7. The minimum Gasteiger partial charge on any atom is -0.311 e.